The molecule has 0 aliphatic carbocycles. The van der Waals surface area contributed by atoms with Crippen molar-refractivity contribution in [3.63, 3.8) is 0 Å². The van der Waals surface area contributed by atoms with E-state index < -0.39 is 6.10 Å². The molecule has 1 aliphatic heterocycles. The van der Waals surface area contributed by atoms with Crippen LogP contribution in [0, 0.1) is 6.92 Å². The topological polar surface area (TPSA) is 37.1 Å². The van der Waals surface area contributed by atoms with Crippen LogP contribution in [-0.2, 0) is 5.41 Å². The summed E-state index contributed by atoms with van der Waals surface area (Å²) >= 11 is 6.12. The van der Waals surface area contributed by atoms with Crippen LogP contribution in [0.3, 0.4) is 0 Å². The first-order chi connectivity index (χ1) is 13.7. The van der Waals surface area contributed by atoms with Crippen molar-refractivity contribution >= 4 is 17.3 Å². The van der Waals surface area contributed by atoms with Gasteiger partial charge in [-0.2, -0.15) is 0 Å². The maximum atomic E-state index is 10.6. The molecule has 0 radical (unpaired) electrons. The summed E-state index contributed by atoms with van der Waals surface area (Å²) in [6.45, 7) is 13.6. The van der Waals surface area contributed by atoms with E-state index in [2.05, 4.69) is 50.8 Å². The van der Waals surface area contributed by atoms with Gasteiger partial charge < -0.3 is 19.6 Å². The third kappa shape index (κ3) is 6.11. The molecule has 0 saturated carbocycles. The predicted octanol–water partition coefficient (Wildman–Crippen LogP) is 3.09. The van der Waals surface area contributed by atoms with Crippen LogP contribution in [0.4, 0.5) is 5.69 Å². The molecule has 1 fully saturated rings. The summed E-state index contributed by atoms with van der Waals surface area (Å²) in [5, 5.41) is 11.3. The van der Waals surface area contributed by atoms with Crippen LogP contribution in [-0.4, -0.2) is 50.5 Å². The molecular formula is C24H34ClN2O2+. The van der Waals surface area contributed by atoms with Gasteiger partial charge in [0.1, 0.15) is 25.0 Å². The number of benzene rings is 2. The quantitative estimate of drug-likeness (QED) is 0.758. The molecule has 2 aromatic rings. The average molecular weight is 418 g/mol. The Balaban J connectivity index is 1.49. The summed E-state index contributed by atoms with van der Waals surface area (Å²) in [7, 11) is 0. The molecule has 1 atom stereocenters. The van der Waals surface area contributed by atoms with Crippen molar-refractivity contribution in [2.24, 2.45) is 0 Å². The number of nitrogens with one attached hydrogen (secondary N) is 1. The number of piperazine rings is 1. The third-order valence-electron chi connectivity index (χ3n) is 5.54. The fraction of sp³-hybridized carbons (Fsp3) is 0.500. The second kappa shape index (κ2) is 9.38. The Hall–Kier alpha value is -1.75. The van der Waals surface area contributed by atoms with Crippen LogP contribution >= 0.6 is 11.6 Å². The van der Waals surface area contributed by atoms with Gasteiger partial charge in [-0.1, -0.05) is 56.1 Å². The number of aryl methyl sites for hydroxylation is 1. The lowest BCUT2D eigenvalue weighted by Crippen LogP contribution is -3.16. The smallest absolute Gasteiger partial charge is 0.137 e. The summed E-state index contributed by atoms with van der Waals surface area (Å²) in [6, 6.07) is 14.3. The Morgan fingerprint density at radius 3 is 2.52 bits per heavy atom. The second-order valence-electron chi connectivity index (χ2n) is 9.14. The number of aliphatic hydroxyl groups is 1. The molecule has 0 amide bonds. The Kier molecular flexibility index (Phi) is 7.10. The van der Waals surface area contributed by atoms with Crippen LogP contribution in [0.15, 0.2) is 42.5 Å². The summed E-state index contributed by atoms with van der Waals surface area (Å²) in [5.74, 6) is 0.878. The molecular weight excluding hydrogens is 384 g/mol. The summed E-state index contributed by atoms with van der Waals surface area (Å²) in [6.07, 6.45) is -0.475. The summed E-state index contributed by atoms with van der Waals surface area (Å²) in [4.78, 5) is 3.78. The number of hydrogen-bond donors (Lipinski definition) is 2. The van der Waals surface area contributed by atoms with Gasteiger partial charge in [-0.25, -0.2) is 0 Å². The normalized spacial score (nSPS) is 16.7. The van der Waals surface area contributed by atoms with Crippen molar-refractivity contribution < 1.29 is 14.7 Å². The van der Waals surface area contributed by atoms with Crippen molar-refractivity contribution in [1.82, 2.24) is 0 Å². The van der Waals surface area contributed by atoms with E-state index in [4.69, 9.17) is 16.3 Å². The highest BCUT2D eigenvalue weighted by Gasteiger charge is 2.24. The van der Waals surface area contributed by atoms with Crippen molar-refractivity contribution in [2.45, 2.75) is 39.2 Å². The maximum absolute atomic E-state index is 10.6. The summed E-state index contributed by atoms with van der Waals surface area (Å²) < 4.78 is 6.04. The first kappa shape index (κ1) is 21.9. The van der Waals surface area contributed by atoms with Gasteiger partial charge in [0, 0.05) is 10.7 Å². The van der Waals surface area contributed by atoms with Gasteiger partial charge >= 0.3 is 0 Å². The van der Waals surface area contributed by atoms with Gasteiger partial charge in [0.15, 0.2) is 0 Å². The predicted molar refractivity (Wildman–Crippen MR) is 121 cm³/mol. The highest BCUT2D eigenvalue weighted by molar-refractivity contribution is 6.30. The first-order valence-electron chi connectivity index (χ1n) is 10.5. The number of hydrogen-bond acceptors (Lipinski definition) is 3. The number of ether oxygens (including phenoxy) is 1. The minimum absolute atomic E-state index is 0.00815. The molecule has 4 nitrogen and oxygen atoms in total. The third-order valence-corrected chi connectivity index (χ3v) is 5.78. The number of anilines is 1. The Bertz CT molecular complexity index is 811. The van der Waals surface area contributed by atoms with E-state index in [0.717, 1.165) is 37.0 Å². The van der Waals surface area contributed by atoms with E-state index in [0.29, 0.717) is 13.2 Å². The van der Waals surface area contributed by atoms with E-state index in [1.54, 1.807) is 0 Å². The largest absolute Gasteiger partial charge is 0.490 e. The van der Waals surface area contributed by atoms with Gasteiger partial charge in [0.25, 0.3) is 0 Å². The fourth-order valence-electron chi connectivity index (χ4n) is 3.89. The Morgan fingerprint density at radius 2 is 1.86 bits per heavy atom. The van der Waals surface area contributed by atoms with Crippen molar-refractivity contribution in [3.8, 4) is 5.75 Å². The van der Waals surface area contributed by atoms with Crippen molar-refractivity contribution in [2.75, 3.05) is 44.2 Å². The van der Waals surface area contributed by atoms with Crippen LogP contribution in [0.1, 0.15) is 31.9 Å². The fourth-order valence-corrected chi connectivity index (χ4v) is 4.08. The number of nitrogens with zero attached hydrogens (tertiary/aromatic N) is 1. The molecule has 0 aromatic heterocycles. The first-order valence-corrected chi connectivity index (χ1v) is 10.9. The van der Waals surface area contributed by atoms with Gasteiger partial charge in [0.05, 0.1) is 26.2 Å². The highest BCUT2D eigenvalue weighted by atomic mass is 35.5. The van der Waals surface area contributed by atoms with E-state index in [-0.39, 0.29) is 5.41 Å². The van der Waals surface area contributed by atoms with E-state index in [1.807, 2.05) is 24.3 Å². The number of rotatable bonds is 6. The zero-order valence-electron chi connectivity index (χ0n) is 18.0. The average Bonchev–Trinajstić information content (AvgIpc) is 2.67. The molecule has 2 aromatic carbocycles. The minimum Gasteiger partial charge on any atom is -0.490 e. The molecule has 0 unspecified atom stereocenters. The van der Waals surface area contributed by atoms with Crippen molar-refractivity contribution in [1.29, 1.82) is 0 Å². The number of halogens is 1. The minimum atomic E-state index is -0.475. The molecule has 1 heterocycles. The summed E-state index contributed by atoms with van der Waals surface area (Å²) in [5.41, 5.74) is 3.60. The molecule has 3 rings (SSSR count). The Labute approximate surface area is 180 Å². The van der Waals surface area contributed by atoms with Crippen LogP contribution < -0.4 is 14.5 Å². The van der Waals surface area contributed by atoms with Crippen LogP contribution in [0.5, 0.6) is 5.75 Å². The standard InChI is InChI=1S/C24H33ClN2O2/c1-18-8-9-23(22(14-18)24(2,3)4)29-17-21(28)16-26-10-12-27(13-11-26)20-7-5-6-19(25)15-20/h5-9,14-15,21,28H,10-13,16-17H2,1-4H3/p+1/t21-/m1/s1. The zero-order chi connectivity index (χ0) is 21.0. The molecule has 5 heteroatoms. The van der Waals surface area contributed by atoms with Gasteiger partial charge in [-0.05, 0) is 42.2 Å². The van der Waals surface area contributed by atoms with Gasteiger partial charge in [0.2, 0.25) is 0 Å². The molecule has 1 aliphatic rings. The van der Waals surface area contributed by atoms with Gasteiger partial charge in [-0.3, -0.25) is 0 Å². The van der Waals surface area contributed by atoms with Crippen LogP contribution in [0.2, 0.25) is 5.02 Å². The van der Waals surface area contributed by atoms with E-state index in [1.165, 1.54) is 21.7 Å². The molecule has 158 valence electrons. The number of aliphatic hydroxyl groups excluding tert-OH is 1. The molecule has 0 bridgehead atoms. The van der Waals surface area contributed by atoms with E-state index >= 15 is 0 Å². The zero-order valence-corrected chi connectivity index (χ0v) is 18.8. The lowest BCUT2D eigenvalue weighted by molar-refractivity contribution is -0.903. The lowest BCUT2D eigenvalue weighted by atomic mass is 9.85. The molecule has 29 heavy (non-hydrogen) atoms. The van der Waals surface area contributed by atoms with E-state index in [9.17, 15) is 5.11 Å². The monoisotopic (exact) mass is 417 g/mol. The Morgan fingerprint density at radius 1 is 1.14 bits per heavy atom. The molecule has 2 N–H and O–H groups in total. The second-order valence-corrected chi connectivity index (χ2v) is 9.57. The highest BCUT2D eigenvalue weighted by Crippen LogP contribution is 2.32. The molecule has 0 spiro atoms. The molecule has 1 saturated heterocycles. The van der Waals surface area contributed by atoms with Crippen LogP contribution in [0.25, 0.3) is 0 Å². The van der Waals surface area contributed by atoms with Crippen molar-refractivity contribution in [3.05, 3.63) is 58.6 Å². The maximum Gasteiger partial charge on any atom is 0.137 e. The van der Waals surface area contributed by atoms with Gasteiger partial charge in [-0.15, -0.1) is 0 Å². The SMILES string of the molecule is Cc1ccc(OC[C@H](O)C[NH+]2CCN(c3cccc(Cl)c3)CC2)c(C(C)(C)C)c1. The number of quaternary nitrogens is 1. The lowest BCUT2D eigenvalue weighted by Gasteiger charge is -2.34.